The molecule has 0 atom stereocenters. The minimum absolute atomic E-state index is 0.0125. The molecule has 5 nitrogen and oxygen atoms in total. The van der Waals surface area contributed by atoms with Crippen molar-refractivity contribution in [2.24, 2.45) is 0 Å². The predicted octanol–water partition coefficient (Wildman–Crippen LogP) is 4.65. The first kappa shape index (κ1) is 20.5. The molecule has 0 heterocycles. The highest BCUT2D eigenvalue weighted by Gasteiger charge is 2.17. The smallest absolute Gasteiger partial charge is 0.259 e. The standard InChI is InChI=1S/C22H28N2O3/c1-4-5-10-15-27-20-14-9-7-12-18(20)22(26)24-19-13-8-6-11-17(19)21(25)23-16(2)3/h6-9,11-14,16H,4-5,10,15H2,1-3H3,(H,23,25)(H,24,26). The van der Waals surface area contributed by atoms with Gasteiger partial charge in [0.05, 0.1) is 23.4 Å². The summed E-state index contributed by atoms with van der Waals surface area (Å²) in [6, 6.07) is 14.1. The lowest BCUT2D eigenvalue weighted by Gasteiger charge is -2.15. The van der Waals surface area contributed by atoms with Crippen LogP contribution in [0.3, 0.4) is 0 Å². The molecule has 2 N–H and O–H groups in total. The third kappa shape index (κ3) is 6.13. The molecule has 2 rings (SSSR count). The topological polar surface area (TPSA) is 67.4 Å². The van der Waals surface area contributed by atoms with E-state index >= 15 is 0 Å². The number of benzene rings is 2. The molecule has 0 bridgehead atoms. The normalized spacial score (nSPS) is 10.5. The van der Waals surface area contributed by atoms with Crippen LogP contribution in [0, 0.1) is 0 Å². The van der Waals surface area contributed by atoms with Crippen molar-refractivity contribution in [3.05, 3.63) is 59.7 Å². The fourth-order valence-electron chi connectivity index (χ4n) is 2.63. The number of carbonyl (C=O) groups is 2. The fourth-order valence-corrected chi connectivity index (χ4v) is 2.63. The Kier molecular flexibility index (Phi) is 7.86. The van der Waals surface area contributed by atoms with Crippen LogP contribution in [0.5, 0.6) is 5.75 Å². The molecular formula is C22H28N2O3. The number of para-hydroxylation sites is 2. The van der Waals surface area contributed by atoms with Gasteiger partial charge in [-0.05, 0) is 44.5 Å². The second kappa shape index (κ2) is 10.4. The lowest BCUT2D eigenvalue weighted by Crippen LogP contribution is -2.31. The van der Waals surface area contributed by atoms with Crippen LogP contribution in [0.4, 0.5) is 5.69 Å². The molecule has 5 heteroatoms. The highest BCUT2D eigenvalue weighted by Crippen LogP contribution is 2.22. The summed E-state index contributed by atoms with van der Waals surface area (Å²) in [4.78, 5) is 25.2. The van der Waals surface area contributed by atoms with Crippen LogP contribution >= 0.6 is 0 Å². The van der Waals surface area contributed by atoms with Gasteiger partial charge < -0.3 is 15.4 Å². The molecule has 0 aliphatic carbocycles. The van der Waals surface area contributed by atoms with E-state index in [9.17, 15) is 9.59 Å². The minimum atomic E-state index is -0.300. The Morgan fingerprint density at radius 3 is 2.30 bits per heavy atom. The monoisotopic (exact) mass is 368 g/mol. The third-order valence-corrected chi connectivity index (χ3v) is 3.98. The molecule has 0 spiro atoms. The van der Waals surface area contributed by atoms with Crippen molar-refractivity contribution in [3.63, 3.8) is 0 Å². The summed E-state index contributed by atoms with van der Waals surface area (Å²) in [6.45, 7) is 6.50. The summed E-state index contributed by atoms with van der Waals surface area (Å²) in [5.74, 6) is 0.0334. The molecule has 0 aromatic heterocycles. The average Bonchev–Trinajstić information content (AvgIpc) is 2.65. The van der Waals surface area contributed by atoms with Crippen molar-refractivity contribution in [2.75, 3.05) is 11.9 Å². The van der Waals surface area contributed by atoms with Crippen LogP contribution in [0.25, 0.3) is 0 Å². The number of anilines is 1. The molecule has 2 aromatic carbocycles. The third-order valence-electron chi connectivity index (χ3n) is 3.98. The molecule has 0 saturated carbocycles. The molecule has 2 aromatic rings. The largest absolute Gasteiger partial charge is 0.493 e. The van der Waals surface area contributed by atoms with Crippen LogP contribution in [-0.4, -0.2) is 24.5 Å². The number of amides is 2. The SMILES string of the molecule is CCCCCOc1ccccc1C(=O)Nc1ccccc1C(=O)NC(C)C. The van der Waals surface area contributed by atoms with E-state index in [1.165, 1.54) is 0 Å². The van der Waals surface area contributed by atoms with Crippen LogP contribution < -0.4 is 15.4 Å². The molecule has 0 aliphatic rings. The first-order valence-electron chi connectivity index (χ1n) is 9.46. The molecule has 27 heavy (non-hydrogen) atoms. The molecule has 0 radical (unpaired) electrons. The zero-order chi connectivity index (χ0) is 19.6. The predicted molar refractivity (Wildman–Crippen MR) is 108 cm³/mol. The number of hydrogen-bond donors (Lipinski definition) is 2. The van der Waals surface area contributed by atoms with Gasteiger partial charge in [0, 0.05) is 6.04 Å². The van der Waals surface area contributed by atoms with E-state index in [4.69, 9.17) is 4.74 Å². The molecule has 0 fully saturated rings. The van der Waals surface area contributed by atoms with Gasteiger partial charge in [-0.2, -0.15) is 0 Å². The molecular weight excluding hydrogens is 340 g/mol. The van der Waals surface area contributed by atoms with Gasteiger partial charge >= 0.3 is 0 Å². The average molecular weight is 368 g/mol. The first-order chi connectivity index (χ1) is 13.0. The van der Waals surface area contributed by atoms with Crippen molar-refractivity contribution in [2.45, 2.75) is 46.1 Å². The Morgan fingerprint density at radius 2 is 1.59 bits per heavy atom. The summed E-state index contributed by atoms with van der Waals surface area (Å²) in [5.41, 5.74) is 1.36. The van der Waals surface area contributed by atoms with Gasteiger partial charge in [-0.3, -0.25) is 9.59 Å². The summed E-state index contributed by atoms with van der Waals surface area (Å²) >= 11 is 0. The number of carbonyl (C=O) groups excluding carboxylic acids is 2. The quantitative estimate of drug-likeness (QED) is 0.633. The van der Waals surface area contributed by atoms with Crippen LogP contribution in [0.1, 0.15) is 60.7 Å². The van der Waals surface area contributed by atoms with Gasteiger partial charge in [-0.25, -0.2) is 0 Å². The van der Waals surface area contributed by atoms with E-state index in [0.29, 0.717) is 29.2 Å². The van der Waals surface area contributed by atoms with Crippen molar-refractivity contribution in [1.29, 1.82) is 0 Å². The zero-order valence-electron chi connectivity index (χ0n) is 16.2. The second-order valence-corrected chi connectivity index (χ2v) is 6.68. The lowest BCUT2D eigenvalue weighted by atomic mass is 10.1. The molecule has 144 valence electrons. The minimum Gasteiger partial charge on any atom is -0.493 e. The summed E-state index contributed by atoms with van der Waals surface area (Å²) in [6.07, 6.45) is 3.15. The fraction of sp³-hybridized carbons (Fsp3) is 0.364. The number of nitrogens with one attached hydrogen (secondary N) is 2. The molecule has 0 unspecified atom stereocenters. The number of ether oxygens (including phenoxy) is 1. The Bertz CT molecular complexity index is 772. The van der Waals surface area contributed by atoms with E-state index in [2.05, 4.69) is 17.6 Å². The zero-order valence-corrected chi connectivity index (χ0v) is 16.2. The van der Waals surface area contributed by atoms with Crippen LogP contribution in [0.15, 0.2) is 48.5 Å². The lowest BCUT2D eigenvalue weighted by molar-refractivity contribution is 0.0944. The van der Waals surface area contributed by atoms with Crippen LogP contribution in [-0.2, 0) is 0 Å². The van der Waals surface area contributed by atoms with Crippen molar-refractivity contribution < 1.29 is 14.3 Å². The number of rotatable bonds is 9. The molecule has 0 saturated heterocycles. The van der Waals surface area contributed by atoms with Gasteiger partial charge in [0.15, 0.2) is 0 Å². The van der Waals surface area contributed by atoms with Crippen molar-refractivity contribution in [3.8, 4) is 5.75 Å². The highest BCUT2D eigenvalue weighted by atomic mass is 16.5. The van der Waals surface area contributed by atoms with E-state index in [0.717, 1.165) is 19.3 Å². The van der Waals surface area contributed by atoms with Crippen molar-refractivity contribution >= 4 is 17.5 Å². The van der Waals surface area contributed by atoms with Gasteiger partial charge in [0.25, 0.3) is 11.8 Å². The maximum Gasteiger partial charge on any atom is 0.259 e. The maximum absolute atomic E-state index is 12.8. The molecule has 2 amide bonds. The van der Waals surface area contributed by atoms with Crippen molar-refractivity contribution in [1.82, 2.24) is 5.32 Å². The number of hydrogen-bond acceptors (Lipinski definition) is 3. The molecule has 0 aliphatic heterocycles. The van der Waals surface area contributed by atoms with Gasteiger partial charge in [0.1, 0.15) is 5.75 Å². The summed E-state index contributed by atoms with van der Waals surface area (Å²) < 4.78 is 5.79. The van der Waals surface area contributed by atoms with Gasteiger partial charge in [-0.15, -0.1) is 0 Å². The van der Waals surface area contributed by atoms with E-state index in [-0.39, 0.29) is 17.9 Å². The summed E-state index contributed by atoms with van der Waals surface area (Å²) in [7, 11) is 0. The Balaban J connectivity index is 2.15. The van der Waals surface area contributed by atoms with Gasteiger partial charge in [0.2, 0.25) is 0 Å². The Morgan fingerprint density at radius 1 is 0.926 bits per heavy atom. The maximum atomic E-state index is 12.8. The van der Waals surface area contributed by atoms with Crippen LogP contribution in [0.2, 0.25) is 0 Å². The van der Waals surface area contributed by atoms with E-state index < -0.39 is 0 Å². The van der Waals surface area contributed by atoms with E-state index in [1.54, 1.807) is 42.5 Å². The number of unbranched alkanes of at least 4 members (excludes halogenated alkanes) is 2. The Labute approximate surface area is 161 Å². The van der Waals surface area contributed by atoms with E-state index in [1.807, 2.05) is 19.9 Å². The first-order valence-corrected chi connectivity index (χ1v) is 9.46. The second-order valence-electron chi connectivity index (χ2n) is 6.68. The van der Waals surface area contributed by atoms with Gasteiger partial charge in [-0.1, -0.05) is 44.0 Å². The Hall–Kier alpha value is -2.82. The summed E-state index contributed by atoms with van der Waals surface area (Å²) in [5, 5.41) is 5.69. The highest BCUT2D eigenvalue weighted by molar-refractivity contribution is 6.10.